The third-order valence-corrected chi connectivity index (χ3v) is 3.63. The Morgan fingerprint density at radius 3 is 2.79 bits per heavy atom. The van der Waals surface area contributed by atoms with Gasteiger partial charge in [-0.1, -0.05) is 23.2 Å². The molecule has 0 amide bonds. The number of ketones is 1. The van der Waals surface area contributed by atoms with Gasteiger partial charge in [0.2, 0.25) is 5.78 Å². The van der Waals surface area contributed by atoms with Crippen molar-refractivity contribution >= 4 is 52.5 Å². The van der Waals surface area contributed by atoms with Gasteiger partial charge in [-0.3, -0.25) is 4.79 Å². The second-order valence-corrected chi connectivity index (χ2v) is 5.42. The van der Waals surface area contributed by atoms with Gasteiger partial charge in [0.15, 0.2) is 16.8 Å². The molecule has 0 fully saturated rings. The molecule has 0 bridgehead atoms. The molecule has 0 atom stereocenters. The van der Waals surface area contributed by atoms with E-state index in [1.165, 1.54) is 6.20 Å². The highest BCUT2D eigenvalue weighted by Crippen LogP contribution is 2.23. The number of pyridine rings is 1. The number of rotatable bonds is 6. The molecule has 7 nitrogen and oxygen atoms in total. The van der Waals surface area contributed by atoms with E-state index in [2.05, 4.69) is 19.0 Å². The van der Waals surface area contributed by atoms with Gasteiger partial charge < -0.3 is 10.1 Å². The minimum Gasteiger partial charge on any atom is -0.462 e. The van der Waals surface area contributed by atoms with E-state index in [9.17, 15) is 14.0 Å². The highest BCUT2D eigenvalue weighted by Gasteiger charge is 2.25. The number of aromatic nitrogens is 3. The van der Waals surface area contributed by atoms with Gasteiger partial charge in [-0.15, -0.1) is 0 Å². The summed E-state index contributed by atoms with van der Waals surface area (Å²) in [6.07, 6.45) is 2.48. The Hall–Kier alpha value is -2.10. The monoisotopic (exact) mass is 390 g/mol. The zero-order valence-electron chi connectivity index (χ0n) is 12.0. The van der Waals surface area contributed by atoms with Crippen molar-refractivity contribution < 1.29 is 18.7 Å². The number of nitrogens with zero attached hydrogens (tertiary/aromatic N) is 3. The van der Waals surface area contributed by atoms with E-state index in [0.717, 1.165) is 24.0 Å². The normalized spacial score (nSPS) is 11.2. The van der Waals surface area contributed by atoms with E-state index in [1.807, 2.05) is 0 Å². The number of nitrogens with one attached hydrogen (secondary N) is 1. The van der Waals surface area contributed by atoms with Crippen LogP contribution in [0.25, 0.3) is 0 Å². The average molecular weight is 391 g/mol. The van der Waals surface area contributed by atoms with Crippen LogP contribution in [0.2, 0.25) is 10.3 Å². The van der Waals surface area contributed by atoms with Crippen molar-refractivity contribution in [3.8, 4) is 0 Å². The molecule has 0 radical (unpaired) electrons. The number of anilines is 1. The summed E-state index contributed by atoms with van der Waals surface area (Å²) in [6, 6.07) is 0.803. The lowest BCUT2D eigenvalue weighted by Crippen LogP contribution is -2.18. The number of hydrogen-bond donors (Lipinski definition) is 1. The highest BCUT2D eigenvalue weighted by molar-refractivity contribution is 6.99. The molecule has 0 aliphatic rings. The quantitative estimate of drug-likeness (QED) is 0.202. The number of ether oxygens (including phenoxy) is 1. The third-order valence-electron chi connectivity index (χ3n) is 2.60. The Labute approximate surface area is 149 Å². The molecule has 0 aromatic carbocycles. The van der Waals surface area contributed by atoms with Crippen LogP contribution in [-0.4, -0.2) is 32.1 Å². The van der Waals surface area contributed by atoms with Crippen LogP contribution >= 0.6 is 34.9 Å². The van der Waals surface area contributed by atoms with Gasteiger partial charge in [0.05, 0.1) is 30.1 Å². The molecule has 11 heteroatoms. The van der Waals surface area contributed by atoms with Crippen LogP contribution in [0, 0.1) is 5.82 Å². The zero-order valence-corrected chi connectivity index (χ0v) is 14.4. The van der Waals surface area contributed by atoms with Crippen LogP contribution in [0.1, 0.15) is 17.3 Å². The molecule has 2 rings (SSSR count). The molecule has 0 saturated carbocycles. The Kier molecular flexibility index (Phi) is 6.18. The van der Waals surface area contributed by atoms with Gasteiger partial charge >= 0.3 is 5.97 Å². The number of esters is 1. The second-order valence-electron chi connectivity index (χ2n) is 4.14. The maximum atomic E-state index is 13.6. The van der Waals surface area contributed by atoms with Crippen molar-refractivity contribution in [2.24, 2.45) is 0 Å². The third kappa shape index (κ3) is 4.25. The Morgan fingerprint density at radius 1 is 1.42 bits per heavy atom. The number of hydrogen-bond acceptors (Lipinski definition) is 8. The first kappa shape index (κ1) is 18.2. The highest BCUT2D eigenvalue weighted by atomic mass is 35.5. The van der Waals surface area contributed by atoms with E-state index >= 15 is 0 Å². The number of carbonyl (C=O) groups excluding carboxylic acids is 2. The van der Waals surface area contributed by atoms with E-state index in [1.54, 1.807) is 6.92 Å². The van der Waals surface area contributed by atoms with Gasteiger partial charge in [0, 0.05) is 6.20 Å². The van der Waals surface area contributed by atoms with Crippen LogP contribution in [0.3, 0.4) is 0 Å². The van der Waals surface area contributed by atoms with Gasteiger partial charge in [-0.2, -0.15) is 8.75 Å². The molecule has 0 spiro atoms. The Bertz CT molecular complexity index is 799. The number of Topliss-reactive ketones (excluding diaryl/α,β-unsaturated/α-hetero) is 1. The minimum absolute atomic E-state index is 0.0443. The summed E-state index contributed by atoms with van der Waals surface area (Å²) in [5.74, 6) is -2.41. The molecule has 1 N–H and O–H groups in total. The first-order valence-corrected chi connectivity index (χ1v) is 7.90. The maximum Gasteiger partial charge on any atom is 0.343 e. The summed E-state index contributed by atoms with van der Waals surface area (Å²) in [7, 11) is 0. The lowest BCUT2D eigenvalue weighted by molar-refractivity contribution is -0.138. The summed E-state index contributed by atoms with van der Waals surface area (Å²) in [6.45, 7) is 1.62. The first-order chi connectivity index (χ1) is 11.4. The molecule has 0 aliphatic carbocycles. The molecule has 0 aliphatic heterocycles. The fraction of sp³-hybridized carbons (Fsp3) is 0.154. The number of halogens is 3. The molecular weight excluding hydrogens is 382 g/mol. The minimum atomic E-state index is -0.940. The van der Waals surface area contributed by atoms with E-state index in [0.29, 0.717) is 5.82 Å². The first-order valence-electron chi connectivity index (χ1n) is 6.41. The summed E-state index contributed by atoms with van der Waals surface area (Å²) >= 11 is 12.2. The molecule has 0 saturated heterocycles. The summed E-state index contributed by atoms with van der Waals surface area (Å²) in [5.41, 5.74) is -0.730. The lowest BCUT2D eigenvalue weighted by Gasteiger charge is -2.08. The van der Waals surface area contributed by atoms with Crippen molar-refractivity contribution in [2.45, 2.75) is 6.92 Å². The Morgan fingerprint density at radius 2 is 2.17 bits per heavy atom. The van der Waals surface area contributed by atoms with Crippen molar-refractivity contribution in [3.05, 3.63) is 45.7 Å². The Balaban J connectivity index is 2.39. The second kappa shape index (κ2) is 8.13. The molecule has 2 heterocycles. The maximum absolute atomic E-state index is 13.6. The largest absolute Gasteiger partial charge is 0.462 e. The topological polar surface area (TPSA) is 94.1 Å². The molecular formula is C13H9Cl2FN4O3S. The van der Waals surface area contributed by atoms with Crippen LogP contribution in [0.5, 0.6) is 0 Å². The standard InChI is InChI=1S/C13H9Cl2FN4O3S/c1-2-23-13(22)7(4-17-9-5-18-24-20-9)10(21)6-3-8(16)12(15)19-11(6)14/h3-5H,2H2,1H3,(H,17,20)/b7-4+. The summed E-state index contributed by atoms with van der Waals surface area (Å²) in [5, 5.41) is 1.81. The van der Waals surface area contributed by atoms with E-state index in [-0.39, 0.29) is 17.3 Å². The fourth-order valence-electron chi connectivity index (χ4n) is 1.55. The van der Waals surface area contributed by atoms with Crippen molar-refractivity contribution in [3.63, 3.8) is 0 Å². The summed E-state index contributed by atoms with van der Waals surface area (Å²) in [4.78, 5) is 28.0. The van der Waals surface area contributed by atoms with Crippen molar-refractivity contribution in [2.75, 3.05) is 11.9 Å². The van der Waals surface area contributed by atoms with Gasteiger partial charge in [0.25, 0.3) is 0 Å². The van der Waals surface area contributed by atoms with Gasteiger partial charge in [-0.05, 0) is 13.0 Å². The van der Waals surface area contributed by atoms with Gasteiger partial charge in [-0.25, -0.2) is 14.2 Å². The smallest absolute Gasteiger partial charge is 0.343 e. The van der Waals surface area contributed by atoms with Crippen molar-refractivity contribution in [1.29, 1.82) is 0 Å². The van der Waals surface area contributed by atoms with Crippen molar-refractivity contribution in [1.82, 2.24) is 13.7 Å². The average Bonchev–Trinajstić information content (AvgIpc) is 3.04. The molecule has 2 aromatic rings. The van der Waals surface area contributed by atoms with E-state index < -0.39 is 28.3 Å². The molecule has 0 unspecified atom stereocenters. The zero-order chi connectivity index (χ0) is 17.7. The predicted molar refractivity (Wildman–Crippen MR) is 86.8 cm³/mol. The summed E-state index contributed by atoms with van der Waals surface area (Å²) < 4.78 is 26.0. The van der Waals surface area contributed by atoms with Crippen LogP contribution < -0.4 is 5.32 Å². The predicted octanol–water partition coefficient (Wildman–Crippen LogP) is 3.12. The lowest BCUT2D eigenvalue weighted by atomic mass is 10.1. The van der Waals surface area contributed by atoms with Gasteiger partial charge in [0.1, 0.15) is 10.7 Å². The van der Waals surface area contributed by atoms with Crippen LogP contribution in [-0.2, 0) is 9.53 Å². The molecule has 126 valence electrons. The fourth-order valence-corrected chi connectivity index (χ4v) is 2.34. The molecule has 2 aromatic heterocycles. The molecule has 24 heavy (non-hydrogen) atoms. The number of carbonyl (C=O) groups is 2. The van der Waals surface area contributed by atoms with Crippen LogP contribution in [0.15, 0.2) is 24.0 Å². The van der Waals surface area contributed by atoms with E-state index in [4.69, 9.17) is 27.9 Å². The van der Waals surface area contributed by atoms with Crippen LogP contribution in [0.4, 0.5) is 10.2 Å². The SMILES string of the molecule is CCOC(=O)/C(=C/Nc1cnsn1)C(=O)c1cc(F)c(Cl)nc1Cl.